The lowest BCUT2D eigenvalue weighted by atomic mass is 10.1. The molecule has 6 rings (SSSR count). The second-order valence-corrected chi connectivity index (χ2v) is 15.9. The van der Waals surface area contributed by atoms with Gasteiger partial charge in [0.25, 0.3) is 5.56 Å². The quantitative estimate of drug-likeness (QED) is 0.108. The maximum absolute atomic E-state index is 15.9. The predicted octanol–water partition coefficient (Wildman–Crippen LogP) is 1.30. The smallest absolute Gasteiger partial charge is 0.382 e. The number of halogens is 2. The van der Waals surface area contributed by atoms with Gasteiger partial charge in [-0.1, -0.05) is 12.2 Å². The summed E-state index contributed by atoms with van der Waals surface area (Å²) in [5.74, 6) is -0.156. The molecule has 4 aromatic rings. The lowest BCUT2D eigenvalue weighted by Crippen LogP contribution is -2.32. The van der Waals surface area contributed by atoms with E-state index in [1.165, 1.54) is 17.2 Å². The number of hydrogen-bond acceptors (Lipinski definition) is 16. The Morgan fingerprint density at radius 3 is 2.57 bits per heavy atom. The molecule has 2 aliphatic rings. The number of nitrogen functional groups attached to an aromatic ring is 2. The average molecular weight is 727 g/mol. The largest absolute Gasteiger partial charge is 0.385 e. The molecule has 0 saturated carbocycles. The van der Waals surface area contributed by atoms with E-state index in [1.54, 1.807) is 0 Å². The van der Waals surface area contributed by atoms with Crippen LogP contribution in [0.2, 0.25) is 0 Å². The summed E-state index contributed by atoms with van der Waals surface area (Å²) >= 11 is 8.92. The summed E-state index contributed by atoms with van der Waals surface area (Å²) in [6.07, 6.45) is -6.84. The van der Waals surface area contributed by atoms with E-state index in [1.807, 2.05) is 0 Å². The summed E-state index contributed by atoms with van der Waals surface area (Å²) < 4.78 is 78.0. The van der Waals surface area contributed by atoms with E-state index in [4.69, 9.17) is 46.3 Å². The van der Waals surface area contributed by atoms with Crippen LogP contribution in [0, 0.1) is 0 Å². The number of alkyl halides is 2. The van der Waals surface area contributed by atoms with E-state index >= 15 is 8.78 Å². The second-order valence-electron chi connectivity index (χ2n) is 10.0. The summed E-state index contributed by atoms with van der Waals surface area (Å²) in [6.45, 7) is -9.22. The minimum absolute atomic E-state index is 0.101. The highest BCUT2D eigenvalue weighted by atomic mass is 32.7. The number of nitrogens with two attached hydrogens (primary N) is 2. The molecule has 0 spiro atoms. The maximum Gasteiger partial charge on any atom is 0.385 e. The molecule has 250 valence electrons. The van der Waals surface area contributed by atoms with Gasteiger partial charge in [-0.3, -0.25) is 28.0 Å². The molecule has 25 heteroatoms. The molecule has 0 aromatic carbocycles. The maximum atomic E-state index is 15.9. The number of nitrogens with one attached hydrogen (secondary N) is 1. The zero-order valence-electron chi connectivity index (χ0n) is 23.4. The van der Waals surface area contributed by atoms with E-state index in [0.717, 1.165) is 18.0 Å². The van der Waals surface area contributed by atoms with Crippen molar-refractivity contribution in [3.63, 3.8) is 0 Å². The molecule has 4 aromatic heterocycles. The van der Waals surface area contributed by atoms with Crippen molar-refractivity contribution >= 4 is 71.7 Å². The standard InChI is InChI=1S/C21H26F2N10O9P2S2/c1-37-43(35,45)39-4-10-11(23)14(20(41-10)33-7-29-13-17(33)30-21(25)31-18(13)34)42-44(36,46)38-3-8-2-9(22)19(40-8)32-6-28-12-15(24)26-5-27-16(12)32/h5-11,14,19-20H,2-4H2,1H3,(H,35,45)(H,36,46)(H2,24,26,27)(H3,25,30,31,34)/t8-,9-,10+,11-,14+,19+,20+,43?,44?/m0/s1. The van der Waals surface area contributed by atoms with Crippen LogP contribution in [0.1, 0.15) is 18.9 Å². The highest BCUT2D eigenvalue weighted by Crippen LogP contribution is 2.54. The molecule has 9 atom stereocenters. The topological polar surface area (TPSA) is 252 Å². The van der Waals surface area contributed by atoms with Crippen LogP contribution in [0.4, 0.5) is 20.5 Å². The molecule has 2 saturated heterocycles. The molecule has 2 fully saturated rings. The molecule has 0 bridgehead atoms. The molecule has 0 radical (unpaired) electrons. The van der Waals surface area contributed by atoms with Crippen molar-refractivity contribution in [2.75, 3.05) is 31.8 Å². The molecule has 2 unspecified atom stereocenters. The summed E-state index contributed by atoms with van der Waals surface area (Å²) in [5, 5.41) is 0. The number of thiol groups is 1. The first-order valence-corrected chi connectivity index (χ1v) is 18.5. The Balaban J connectivity index is 1.19. The van der Waals surface area contributed by atoms with Crippen molar-refractivity contribution in [2.24, 2.45) is 0 Å². The van der Waals surface area contributed by atoms with Gasteiger partial charge in [-0.25, -0.2) is 33.3 Å². The van der Waals surface area contributed by atoms with E-state index in [9.17, 15) is 14.3 Å². The van der Waals surface area contributed by atoms with E-state index in [-0.39, 0.29) is 40.5 Å². The molecule has 46 heavy (non-hydrogen) atoms. The number of hydrogen-bond donors (Lipinski definition) is 5. The van der Waals surface area contributed by atoms with Crippen molar-refractivity contribution in [1.82, 2.24) is 39.0 Å². The van der Waals surface area contributed by atoms with Gasteiger partial charge in [-0.15, -0.1) is 0 Å². The Bertz CT molecular complexity index is 1920. The van der Waals surface area contributed by atoms with Crippen LogP contribution in [-0.2, 0) is 43.9 Å². The van der Waals surface area contributed by atoms with Crippen molar-refractivity contribution in [3.05, 3.63) is 29.3 Å². The number of rotatable bonds is 11. The molecule has 0 amide bonds. The van der Waals surface area contributed by atoms with Crippen LogP contribution in [-0.4, -0.2) is 94.9 Å². The Kier molecular flexibility index (Phi) is 9.19. The van der Waals surface area contributed by atoms with Gasteiger partial charge in [0, 0.05) is 13.5 Å². The fourth-order valence-corrected chi connectivity index (χ4v) is 7.05. The number of aromatic nitrogens is 8. The van der Waals surface area contributed by atoms with E-state index in [0.29, 0.717) is 0 Å². The summed E-state index contributed by atoms with van der Waals surface area (Å²) in [4.78, 5) is 45.7. The van der Waals surface area contributed by atoms with Gasteiger partial charge < -0.3 is 34.9 Å². The van der Waals surface area contributed by atoms with Gasteiger partial charge in [0.2, 0.25) is 5.95 Å². The Labute approximate surface area is 266 Å². The second kappa shape index (κ2) is 12.7. The lowest BCUT2D eigenvalue weighted by molar-refractivity contribution is -0.0495. The minimum Gasteiger partial charge on any atom is -0.382 e. The van der Waals surface area contributed by atoms with Gasteiger partial charge in [0.1, 0.15) is 30.2 Å². The zero-order chi connectivity index (χ0) is 33.0. The fraction of sp³-hybridized carbons (Fsp3) is 0.524. The first-order valence-electron chi connectivity index (χ1n) is 13.2. The zero-order valence-corrected chi connectivity index (χ0v) is 26.9. The van der Waals surface area contributed by atoms with Gasteiger partial charge in [0.05, 0.1) is 32.0 Å². The summed E-state index contributed by atoms with van der Waals surface area (Å²) in [7, 11) is 1.08. The fourth-order valence-electron chi connectivity index (χ4n) is 4.99. The van der Waals surface area contributed by atoms with Gasteiger partial charge in [-0.2, -0.15) is 4.98 Å². The number of anilines is 2. The van der Waals surface area contributed by atoms with Crippen molar-refractivity contribution in [2.45, 2.75) is 49.5 Å². The number of nitrogens with zero attached hydrogens (tertiary/aromatic N) is 7. The highest BCUT2D eigenvalue weighted by molar-refractivity contribution is 8.44. The van der Waals surface area contributed by atoms with E-state index in [2.05, 4.69) is 46.7 Å². The number of imidazole rings is 2. The number of H-pyrrole nitrogens is 1. The van der Waals surface area contributed by atoms with E-state index < -0.39 is 75.4 Å². The predicted molar refractivity (Wildman–Crippen MR) is 161 cm³/mol. The van der Waals surface area contributed by atoms with Gasteiger partial charge in [0.15, 0.2) is 41.3 Å². The molecule has 2 aliphatic heterocycles. The van der Waals surface area contributed by atoms with Crippen molar-refractivity contribution in [1.29, 1.82) is 0 Å². The van der Waals surface area contributed by atoms with Crippen molar-refractivity contribution < 1.29 is 45.8 Å². The molecular weight excluding hydrogens is 700 g/mol. The third-order valence-electron chi connectivity index (χ3n) is 7.09. The molecule has 6 heterocycles. The third-order valence-corrected chi connectivity index (χ3v) is 10.4. The van der Waals surface area contributed by atoms with Crippen LogP contribution in [0.25, 0.3) is 22.3 Å². The Morgan fingerprint density at radius 2 is 1.83 bits per heavy atom. The minimum atomic E-state index is -4.31. The lowest BCUT2D eigenvalue weighted by Gasteiger charge is -2.26. The molecule has 6 N–H and O–H groups in total. The van der Waals surface area contributed by atoms with Crippen LogP contribution in [0.15, 0.2) is 23.8 Å². The Morgan fingerprint density at radius 1 is 1.11 bits per heavy atom. The molecular formula is C21H26F2N10O9P2S2. The first kappa shape index (κ1) is 33.2. The van der Waals surface area contributed by atoms with Crippen LogP contribution < -0.4 is 17.0 Å². The number of ether oxygens (including phenoxy) is 2. The van der Waals surface area contributed by atoms with Crippen LogP contribution >= 0.6 is 25.8 Å². The summed E-state index contributed by atoms with van der Waals surface area (Å²) in [5.41, 5.74) is 11.1. The summed E-state index contributed by atoms with van der Waals surface area (Å²) in [6, 6.07) is 0. The molecule has 19 nitrogen and oxygen atoms in total. The monoisotopic (exact) mass is 726 g/mol. The normalized spacial score (nSPS) is 29.4. The third kappa shape index (κ3) is 6.54. The SMILES string of the molecule is COP(=O)(S)OC[C@H]1O[C@@H](n2cnc3c(=O)[nH]c(N)nc32)[C@H](OP(O)(=S)OC[C@@H]2C[C@H](F)[C@H](n3cnc4c(N)ncnc43)O2)[C@H]1F. The van der Waals surface area contributed by atoms with Gasteiger partial charge >= 0.3 is 13.5 Å². The first-order chi connectivity index (χ1) is 21.8. The van der Waals surface area contributed by atoms with Gasteiger partial charge in [-0.05, 0) is 11.8 Å². The van der Waals surface area contributed by atoms with Crippen LogP contribution in [0.5, 0.6) is 0 Å². The molecule has 0 aliphatic carbocycles. The van der Waals surface area contributed by atoms with Crippen molar-refractivity contribution in [3.8, 4) is 0 Å². The Hall–Kier alpha value is -2.69. The average Bonchev–Trinajstić information content (AvgIpc) is 3.77. The highest BCUT2D eigenvalue weighted by Gasteiger charge is 2.51. The number of fused-ring (bicyclic) bond motifs is 2. The van der Waals surface area contributed by atoms with Crippen LogP contribution in [0.3, 0.4) is 0 Å². The number of aromatic amines is 1.